The maximum Gasteiger partial charge on any atom is 0.347 e. The standard InChI is InChI=1S/C14H16O5/c1-7(15)4-10-5-9-6-11(16)8(2)13(18-3)12(9)14(17)19-10/h5-7,15-16H,4H2,1-3H3/t7-/m0/s1. The van der Waals surface area contributed by atoms with Gasteiger partial charge in [-0.05, 0) is 31.4 Å². The number of hydrogen-bond donors (Lipinski definition) is 2. The van der Waals surface area contributed by atoms with Gasteiger partial charge in [-0.2, -0.15) is 0 Å². The number of aromatic hydroxyl groups is 1. The Morgan fingerprint density at radius 3 is 2.68 bits per heavy atom. The predicted octanol–water partition coefficient (Wildman–Crippen LogP) is 1.74. The van der Waals surface area contributed by atoms with E-state index < -0.39 is 11.7 Å². The van der Waals surface area contributed by atoms with Crippen molar-refractivity contribution in [3.8, 4) is 11.5 Å². The fourth-order valence-corrected chi connectivity index (χ4v) is 2.11. The Kier molecular flexibility index (Phi) is 3.48. The number of phenols is 1. The molecule has 1 atom stereocenters. The maximum atomic E-state index is 12.0. The van der Waals surface area contributed by atoms with Crippen molar-refractivity contribution in [2.24, 2.45) is 0 Å². The normalized spacial score (nSPS) is 12.6. The van der Waals surface area contributed by atoms with E-state index in [0.717, 1.165) is 0 Å². The van der Waals surface area contributed by atoms with Crippen molar-refractivity contribution in [2.75, 3.05) is 7.11 Å². The molecule has 1 aromatic heterocycles. The molecule has 102 valence electrons. The zero-order valence-electron chi connectivity index (χ0n) is 11.1. The first-order valence-electron chi connectivity index (χ1n) is 5.95. The van der Waals surface area contributed by atoms with Crippen LogP contribution in [0.1, 0.15) is 18.2 Å². The van der Waals surface area contributed by atoms with Crippen LogP contribution in [0.25, 0.3) is 10.8 Å². The third kappa shape index (κ3) is 2.42. The van der Waals surface area contributed by atoms with Crippen molar-refractivity contribution in [1.82, 2.24) is 0 Å². The maximum absolute atomic E-state index is 12.0. The van der Waals surface area contributed by atoms with Crippen LogP contribution < -0.4 is 10.4 Å². The summed E-state index contributed by atoms with van der Waals surface area (Å²) in [5.74, 6) is 0.739. The molecular weight excluding hydrogens is 248 g/mol. The van der Waals surface area contributed by atoms with Crippen LogP contribution in [0.5, 0.6) is 11.5 Å². The van der Waals surface area contributed by atoms with E-state index >= 15 is 0 Å². The third-order valence-electron chi connectivity index (χ3n) is 2.98. The Bertz CT molecular complexity index is 670. The van der Waals surface area contributed by atoms with Crippen molar-refractivity contribution in [1.29, 1.82) is 0 Å². The SMILES string of the molecule is COc1c(C)c(O)cc2cc(C[C@H](C)O)oc(=O)c12. The van der Waals surface area contributed by atoms with Gasteiger partial charge in [0.25, 0.3) is 0 Å². The van der Waals surface area contributed by atoms with Crippen LogP contribution in [-0.4, -0.2) is 23.4 Å². The van der Waals surface area contributed by atoms with E-state index in [0.29, 0.717) is 27.8 Å². The third-order valence-corrected chi connectivity index (χ3v) is 2.98. The highest BCUT2D eigenvalue weighted by atomic mass is 16.5. The van der Waals surface area contributed by atoms with E-state index in [4.69, 9.17) is 9.15 Å². The number of benzene rings is 1. The molecule has 0 unspecified atom stereocenters. The monoisotopic (exact) mass is 264 g/mol. The summed E-state index contributed by atoms with van der Waals surface area (Å²) in [4.78, 5) is 12.0. The summed E-state index contributed by atoms with van der Waals surface area (Å²) in [5, 5.41) is 20.0. The number of fused-ring (bicyclic) bond motifs is 1. The minimum absolute atomic E-state index is 0.0537. The van der Waals surface area contributed by atoms with E-state index in [2.05, 4.69) is 0 Å². The van der Waals surface area contributed by atoms with Gasteiger partial charge >= 0.3 is 5.63 Å². The minimum atomic E-state index is -0.610. The Balaban J connectivity index is 2.76. The van der Waals surface area contributed by atoms with Crippen LogP contribution in [0.4, 0.5) is 0 Å². The summed E-state index contributed by atoms with van der Waals surface area (Å²) < 4.78 is 10.3. The molecule has 5 nitrogen and oxygen atoms in total. The van der Waals surface area contributed by atoms with Gasteiger partial charge < -0.3 is 19.4 Å². The van der Waals surface area contributed by atoms with Crippen molar-refractivity contribution in [2.45, 2.75) is 26.4 Å². The molecule has 0 aliphatic rings. The summed E-state index contributed by atoms with van der Waals surface area (Å²) in [7, 11) is 1.43. The molecule has 1 heterocycles. The van der Waals surface area contributed by atoms with E-state index in [1.165, 1.54) is 13.2 Å². The lowest BCUT2D eigenvalue weighted by Crippen LogP contribution is -2.09. The number of aliphatic hydroxyl groups excluding tert-OH is 1. The van der Waals surface area contributed by atoms with Gasteiger partial charge in [0.2, 0.25) is 0 Å². The van der Waals surface area contributed by atoms with Gasteiger partial charge in [-0.15, -0.1) is 0 Å². The van der Waals surface area contributed by atoms with Gasteiger partial charge in [-0.3, -0.25) is 0 Å². The van der Waals surface area contributed by atoms with E-state index in [-0.39, 0.29) is 12.2 Å². The summed E-state index contributed by atoms with van der Waals surface area (Å²) in [6, 6.07) is 3.13. The fraction of sp³-hybridized carbons (Fsp3) is 0.357. The van der Waals surface area contributed by atoms with Gasteiger partial charge in [-0.25, -0.2) is 4.79 Å². The smallest absolute Gasteiger partial charge is 0.347 e. The van der Waals surface area contributed by atoms with Crippen LogP contribution in [0, 0.1) is 6.92 Å². The van der Waals surface area contributed by atoms with Gasteiger partial charge in [0.1, 0.15) is 22.6 Å². The molecule has 2 rings (SSSR count). The number of methoxy groups -OCH3 is 1. The average Bonchev–Trinajstić information content (AvgIpc) is 2.30. The summed E-state index contributed by atoms with van der Waals surface area (Å²) >= 11 is 0. The minimum Gasteiger partial charge on any atom is -0.508 e. The molecule has 19 heavy (non-hydrogen) atoms. The molecule has 0 bridgehead atoms. The van der Waals surface area contributed by atoms with Crippen LogP contribution >= 0.6 is 0 Å². The van der Waals surface area contributed by atoms with Gasteiger partial charge in [0.05, 0.1) is 13.2 Å². The molecule has 2 aromatic rings. The first kappa shape index (κ1) is 13.4. The molecule has 0 aliphatic heterocycles. The quantitative estimate of drug-likeness (QED) is 0.882. The van der Waals surface area contributed by atoms with Crippen molar-refractivity contribution in [3.05, 3.63) is 33.9 Å². The number of hydrogen-bond acceptors (Lipinski definition) is 5. The van der Waals surface area contributed by atoms with Crippen molar-refractivity contribution >= 4 is 10.8 Å². The lowest BCUT2D eigenvalue weighted by atomic mass is 10.1. The second-order valence-electron chi connectivity index (χ2n) is 4.57. The molecular formula is C14H16O5. The molecule has 0 spiro atoms. The summed E-state index contributed by atoms with van der Waals surface area (Å²) in [6.45, 7) is 3.27. The highest BCUT2D eigenvalue weighted by molar-refractivity contribution is 5.90. The van der Waals surface area contributed by atoms with Crippen molar-refractivity contribution in [3.63, 3.8) is 0 Å². The first-order chi connectivity index (χ1) is 8.93. The highest BCUT2D eigenvalue weighted by Crippen LogP contribution is 2.34. The Morgan fingerprint density at radius 2 is 2.11 bits per heavy atom. The average molecular weight is 264 g/mol. The Hall–Kier alpha value is -2.01. The molecule has 0 aliphatic carbocycles. The Morgan fingerprint density at radius 1 is 1.42 bits per heavy atom. The van der Waals surface area contributed by atoms with Gasteiger partial charge in [-0.1, -0.05) is 0 Å². The highest BCUT2D eigenvalue weighted by Gasteiger charge is 2.16. The van der Waals surface area contributed by atoms with E-state index in [1.807, 2.05) is 0 Å². The molecule has 0 amide bonds. The van der Waals surface area contributed by atoms with Crippen molar-refractivity contribution < 1.29 is 19.4 Å². The van der Waals surface area contributed by atoms with Gasteiger partial charge in [0, 0.05) is 12.0 Å². The number of phenolic OH excluding ortho intramolecular Hbond substituents is 1. The molecule has 1 aromatic carbocycles. The Labute approximate surface area is 110 Å². The molecule has 0 radical (unpaired) electrons. The number of rotatable bonds is 3. The zero-order valence-corrected chi connectivity index (χ0v) is 11.1. The molecule has 0 saturated carbocycles. The number of aliphatic hydroxyl groups is 1. The lowest BCUT2D eigenvalue weighted by molar-refractivity contribution is 0.186. The molecule has 5 heteroatoms. The van der Waals surface area contributed by atoms with Crippen LogP contribution in [0.15, 0.2) is 21.3 Å². The fourth-order valence-electron chi connectivity index (χ4n) is 2.11. The molecule has 2 N–H and O–H groups in total. The zero-order chi connectivity index (χ0) is 14.2. The largest absolute Gasteiger partial charge is 0.508 e. The van der Waals surface area contributed by atoms with E-state index in [1.54, 1.807) is 19.9 Å². The molecule has 0 saturated heterocycles. The second kappa shape index (κ2) is 4.93. The predicted molar refractivity (Wildman–Crippen MR) is 70.8 cm³/mol. The summed E-state index contributed by atoms with van der Waals surface area (Å²) in [6.07, 6.45) is -0.371. The van der Waals surface area contributed by atoms with Crippen LogP contribution in [0.3, 0.4) is 0 Å². The van der Waals surface area contributed by atoms with E-state index in [9.17, 15) is 15.0 Å². The molecule has 0 fully saturated rings. The van der Waals surface area contributed by atoms with Crippen LogP contribution in [-0.2, 0) is 6.42 Å². The first-order valence-corrected chi connectivity index (χ1v) is 5.95. The topological polar surface area (TPSA) is 79.9 Å². The number of ether oxygens (including phenoxy) is 1. The summed E-state index contributed by atoms with van der Waals surface area (Å²) in [5.41, 5.74) is -0.0429. The second-order valence-corrected chi connectivity index (χ2v) is 4.57. The van der Waals surface area contributed by atoms with Crippen LogP contribution in [0.2, 0.25) is 0 Å². The lowest BCUT2D eigenvalue weighted by Gasteiger charge is -2.11. The van der Waals surface area contributed by atoms with Gasteiger partial charge in [0.15, 0.2) is 0 Å².